The van der Waals surface area contributed by atoms with E-state index in [1.807, 2.05) is 0 Å². The highest BCUT2D eigenvalue weighted by molar-refractivity contribution is 7.15. The lowest BCUT2D eigenvalue weighted by molar-refractivity contribution is 0.617. The third-order valence-corrected chi connectivity index (χ3v) is 4.94. The molecular weight excluding hydrogens is 240 g/mol. The molecule has 2 aromatic rings. The second-order valence-corrected chi connectivity index (χ2v) is 6.21. The van der Waals surface area contributed by atoms with E-state index in [4.69, 9.17) is 5.73 Å². The number of rotatable bonds is 1. The normalized spacial score (nSPS) is 18.7. The van der Waals surface area contributed by atoms with Crippen LogP contribution in [0.4, 0.5) is 5.13 Å². The summed E-state index contributed by atoms with van der Waals surface area (Å²) in [5.41, 5.74) is 11.2. The van der Waals surface area contributed by atoms with Gasteiger partial charge in [-0.3, -0.25) is 0 Å². The average Bonchev–Trinajstić information content (AvgIpc) is 2.72. The van der Waals surface area contributed by atoms with Crippen molar-refractivity contribution in [1.82, 2.24) is 4.98 Å². The first kappa shape index (κ1) is 11.7. The van der Waals surface area contributed by atoms with Gasteiger partial charge in [0.05, 0.1) is 5.69 Å². The van der Waals surface area contributed by atoms with Crippen LogP contribution < -0.4 is 5.73 Å². The fraction of sp³-hybridized carbons (Fsp3) is 0.400. The molecule has 94 valence electrons. The molecule has 1 aliphatic rings. The van der Waals surface area contributed by atoms with Gasteiger partial charge in [-0.2, -0.15) is 0 Å². The number of nitrogens with zero attached hydrogens (tertiary/aromatic N) is 1. The minimum atomic E-state index is 0.503. The van der Waals surface area contributed by atoms with Gasteiger partial charge in [0.1, 0.15) is 0 Å². The highest BCUT2D eigenvalue weighted by atomic mass is 32.1. The fourth-order valence-corrected chi connectivity index (χ4v) is 3.78. The Morgan fingerprint density at radius 1 is 1.28 bits per heavy atom. The van der Waals surface area contributed by atoms with Crippen molar-refractivity contribution in [3.05, 3.63) is 45.5 Å². The Morgan fingerprint density at radius 2 is 2.11 bits per heavy atom. The van der Waals surface area contributed by atoms with Crippen molar-refractivity contribution >= 4 is 16.5 Å². The highest BCUT2D eigenvalue weighted by Gasteiger charge is 2.25. The summed E-state index contributed by atoms with van der Waals surface area (Å²) < 4.78 is 0. The van der Waals surface area contributed by atoms with Crippen LogP contribution in [0.15, 0.2) is 18.2 Å². The zero-order valence-corrected chi connectivity index (χ0v) is 11.7. The third-order valence-electron chi connectivity index (χ3n) is 3.90. The molecule has 0 fully saturated rings. The van der Waals surface area contributed by atoms with Gasteiger partial charge in [-0.1, -0.05) is 18.2 Å². The molecule has 0 spiro atoms. The van der Waals surface area contributed by atoms with Gasteiger partial charge in [-0.05, 0) is 49.8 Å². The number of aromatic nitrogens is 1. The largest absolute Gasteiger partial charge is 0.375 e. The number of nitrogens with two attached hydrogens (primary N) is 1. The van der Waals surface area contributed by atoms with E-state index in [0.717, 1.165) is 11.6 Å². The fourth-order valence-electron chi connectivity index (χ4n) is 2.74. The standard InChI is InChI=1S/C15H18N2S/c1-9-6-7-11(8-10(9)2)12-4-3-5-13-14(12)18-15(16)17-13/h6-8,12H,3-5H2,1-2H3,(H2,16,17). The summed E-state index contributed by atoms with van der Waals surface area (Å²) in [5.74, 6) is 0.503. The molecule has 1 atom stereocenters. The first-order chi connectivity index (χ1) is 8.65. The molecule has 1 aromatic carbocycles. The molecule has 0 saturated carbocycles. The molecule has 0 aliphatic heterocycles. The van der Waals surface area contributed by atoms with Gasteiger partial charge in [0.2, 0.25) is 0 Å². The number of fused-ring (bicyclic) bond motifs is 1. The molecule has 1 heterocycles. The van der Waals surface area contributed by atoms with Crippen LogP contribution in [0, 0.1) is 13.8 Å². The third kappa shape index (κ3) is 1.93. The van der Waals surface area contributed by atoms with Crippen LogP contribution in [0.1, 0.15) is 46.0 Å². The Bertz CT molecular complexity index is 586. The van der Waals surface area contributed by atoms with Crippen LogP contribution in [0.2, 0.25) is 0 Å². The molecule has 2 N–H and O–H groups in total. The minimum absolute atomic E-state index is 0.503. The lowest BCUT2D eigenvalue weighted by Gasteiger charge is -2.22. The van der Waals surface area contributed by atoms with Gasteiger partial charge >= 0.3 is 0 Å². The maximum absolute atomic E-state index is 5.86. The summed E-state index contributed by atoms with van der Waals surface area (Å²) in [6.45, 7) is 4.35. The van der Waals surface area contributed by atoms with Crippen LogP contribution in [-0.2, 0) is 6.42 Å². The van der Waals surface area contributed by atoms with Crippen molar-refractivity contribution < 1.29 is 0 Å². The van der Waals surface area contributed by atoms with E-state index < -0.39 is 0 Å². The zero-order valence-electron chi connectivity index (χ0n) is 10.9. The summed E-state index contributed by atoms with van der Waals surface area (Å²) in [6, 6.07) is 6.81. The van der Waals surface area contributed by atoms with Crippen molar-refractivity contribution in [3.63, 3.8) is 0 Å². The van der Waals surface area contributed by atoms with Gasteiger partial charge in [0, 0.05) is 10.8 Å². The van der Waals surface area contributed by atoms with Crippen LogP contribution in [0.3, 0.4) is 0 Å². The summed E-state index contributed by atoms with van der Waals surface area (Å²) in [7, 11) is 0. The van der Waals surface area contributed by atoms with Crippen LogP contribution in [-0.4, -0.2) is 4.98 Å². The number of nitrogen functional groups attached to an aromatic ring is 1. The molecule has 18 heavy (non-hydrogen) atoms. The first-order valence-corrected chi connectivity index (χ1v) is 7.29. The molecule has 0 saturated heterocycles. The number of hydrogen-bond donors (Lipinski definition) is 1. The number of anilines is 1. The van der Waals surface area contributed by atoms with Crippen molar-refractivity contribution in [2.75, 3.05) is 5.73 Å². The zero-order chi connectivity index (χ0) is 12.7. The summed E-state index contributed by atoms with van der Waals surface area (Å²) in [4.78, 5) is 5.85. The maximum atomic E-state index is 5.86. The molecule has 3 heteroatoms. The van der Waals surface area contributed by atoms with Gasteiger partial charge in [-0.25, -0.2) is 4.98 Å². The van der Waals surface area contributed by atoms with Gasteiger partial charge < -0.3 is 5.73 Å². The van der Waals surface area contributed by atoms with Crippen LogP contribution in [0.25, 0.3) is 0 Å². The first-order valence-electron chi connectivity index (χ1n) is 6.47. The molecule has 0 bridgehead atoms. The van der Waals surface area contributed by atoms with E-state index in [-0.39, 0.29) is 0 Å². The topological polar surface area (TPSA) is 38.9 Å². The van der Waals surface area contributed by atoms with Crippen molar-refractivity contribution in [2.45, 2.75) is 39.0 Å². The maximum Gasteiger partial charge on any atom is 0.180 e. The van der Waals surface area contributed by atoms with Crippen LogP contribution in [0.5, 0.6) is 0 Å². The lowest BCUT2D eigenvalue weighted by Crippen LogP contribution is -2.09. The van der Waals surface area contributed by atoms with Gasteiger partial charge in [0.25, 0.3) is 0 Å². The summed E-state index contributed by atoms with van der Waals surface area (Å²) in [6.07, 6.45) is 3.52. The molecule has 0 radical (unpaired) electrons. The van der Waals surface area contributed by atoms with Crippen LogP contribution >= 0.6 is 11.3 Å². The number of aryl methyl sites for hydroxylation is 3. The lowest BCUT2D eigenvalue weighted by atomic mass is 9.85. The molecular formula is C15H18N2S. The van der Waals surface area contributed by atoms with E-state index in [1.165, 1.54) is 40.1 Å². The smallest absolute Gasteiger partial charge is 0.180 e. The monoisotopic (exact) mass is 258 g/mol. The Kier molecular flexibility index (Phi) is 2.86. The molecule has 2 nitrogen and oxygen atoms in total. The Morgan fingerprint density at radius 3 is 2.89 bits per heavy atom. The van der Waals surface area contributed by atoms with E-state index >= 15 is 0 Å². The summed E-state index contributed by atoms with van der Waals surface area (Å²) in [5, 5.41) is 0.718. The quantitative estimate of drug-likeness (QED) is 0.844. The van der Waals surface area contributed by atoms with Gasteiger partial charge in [-0.15, -0.1) is 11.3 Å². The second-order valence-electron chi connectivity index (χ2n) is 5.15. The molecule has 0 amide bonds. The molecule has 3 rings (SSSR count). The molecule has 1 unspecified atom stereocenters. The summed E-state index contributed by atoms with van der Waals surface area (Å²) >= 11 is 1.67. The number of thiazole rings is 1. The Balaban J connectivity index is 2.05. The van der Waals surface area contributed by atoms with Crippen molar-refractivity contribution in [2.24, 2.45) is 0 Å². The second kappa shape index (κ2) is 4.39. The Hall–Kier alpha value is -1.35. The highest BCUT2D eigenvalue weighted by Crippen LogP contribution is 2.41. The van der Waals surface area contributed by atoms with Crippen molar-refractivity contribution in [1.29, 1.82) is 0 Å². The predicted octanol–water partition coefficient (Wildman–Crippen LogP) is 3.81. The molecule has 1 aromatic heterocycles. The predicted molar refractivity (Wildman–Crippen MR) is 77.2 cm³/mol. The van der Waals surface area contributed by atoms with E-state index in [0.29, 0.717) is 5.92 Å². The molecule has 1 aliphatic carbocycles. The van der Waals surface area contributed by atoms with Crippen molar-refractivity contribution in [3.8, 4) is 0 Å². The SMILES string of the molecule is Cc1ccc(C2CCCc3nc(N)sc32)cc1C. The van der Waals surface area contributed by atoms with E-state index in [9.17, 15) is 0 Å². The number of hydrogen-bond acceptors (Lipinski definition) is 3. The number of benzene rings is 1. The van der Waals surface area contributed by atoms with Gasteiger partial charge in [0.15, 0.2) is 5.13 Å². The van der Waals surface area contributed by atoms with E-state index in [1.54, 1.807) is 11.3 Å². The van der Waals surface area contributed by atoms with E-state index in [2.05, 4.69) is 37.0 Å². The average molecular weight is 258 g/mol. The Labute approximate surface area is 112 Å². The minimum Gasteiger partial charge on any atom is -0.375 e.